The Balaban J connectivity index is 1.39. The van der Waals surface area contributed by atoms with Crippen molar-refractivity contribution in [3.63, 3.8) is 0 Å². The summed E-state index contributed by atoms with van der Waals surface area (Å²) >= 11 is 5.54. The van der Waals surface area contributed by atoms with Crippen LogP contribution in [0.25, 0.3) is 0 Å². The molecule has 1 amide bonds. The van der Waals surface area contributed by atoms with Gasteiger partial charge in [0.1, 0.15) is 11.5 Å². The second-order valence-corrected chi connectivity index (χ2v) is 7.19. The van der Waals surface area contributed by atoms with Gasteiger partial charge >= 0.3 is 0 Å². The summed E-state index contributed by atoms with van der Waals surface area (Å²) in [5.41, 5.74) is 5.33. The van der Waals surface area contributed by atoms with Crippen LogP contribution in [0.4, 0.5) is 11.5 Å². The van der Waals surface area contributed by atoms with E-state index in [9.17, 15) is 4.79 Å². The Bertz CT molecular complexity index is 927. The minimum absolute atomic E-state index is 0.00255. The van der Waals surface area contributed by atoms with Crippen molar-refractivity contribution in [3.8, 4) is 0 Å². The maximum atomic E-state index is 11.9. The fraction of sp³-hybridized carbons (Fsp3) is 0.368. The molecule has 4 rings (SSSR count). The Hall–Kier alpha value is -3.14. The highest BCUT2D eigenvalue weighted by Crippen LogP contribution is 2.25. The molecular formula is C19H22N8OS. The highest BCUT2D eigenvalue weighted by atomic mass is 32.1. The van der Waals surface area contributed by atoms with Crippen molar-refractivity contribution in [1.82, 2.24) is 25.3 Å². The largest absolute Gasteiger partial charge is 0.352 e. The number of nitrogens with zero attached hydrogens (tertiary/aromatic N) is 7. The second-order valence-electron chi connectivity index (χ2n) is 6.80. The number of hydrogen-bond acceptors (Lipinski definition) is 7. The van der Waals surface area contributed by atoms with E-state index in [4.69, 9.17) is 12.2 Å². The SMILES string of the molecule is CC(=O)N1CC/C(=N/NC(=S)N2CCN(c3cnccn3)CC2)c2ncccc21. The molecule has 4 heterocycles. The monoisotopic (exact) mass is 410 g/mol. The Morgan fingerprint density at radius 1 is 1.14 bits per heavy atom. The molecule has 2 aliphatic rings. The number of rotatable bonds is 2. The number of aromatic nitrogens is 3. The predicted octanol–water partition coefficient (Wildman–Crippen LogP) is 1.03. The minimum Gasteiger partial charge on any atom is -0.352 e. The molecule has 2 aliphatic heterocycles. The zero-order chi connectivity index (χ0) is 20.2. The third kappa shape index (κ3) is 4.16. The third-order valence-electron chi connectivity index (χ3n) is 5.03. The third-order valence-corrected chi connectivity index (χ3v) is 5.38. The molecule has 0 aromatic carbocycles. The molecule has 10 heteroatoms. The van der Waals surface area contributed by atoms with Crippen molar-refractivity contribution in [2.45, 2.75) is 13.3 Å². The van der Waals surface area contributed by atoms with Gasteiger partial charge in [0, 0.05) is 64.7 Å². The lowest BCUT2D eigenvalue weighted by Crippen LogP contribution is -2.51. The van der Waals surface area contributed by atoms with Gasteiger partial charge in [-0.25, -0.2) is 4.98 Å². The summed E-state index contributed by atoms with van der Waals surface area (Å²) in [7, 11) is 0. The van der Waals surface area contributed by atoms with Crippen LogP contribution < -0.4 is 15.2 Å². The van der Waals surface area contributed by atoms with Crippen LogP contribution in [0.1, 0.15) is 19.0 Å². The van der Waals surface area contributed by atoms with Gasteiger partial charge in [-0.15, -0.1) is 0 Å². The zero-order valence-electron chi connectivity index (χ0n) is 16.2. The molecule has 9 nitrogen and oxygen atoms in total. The van der Waals surface area contributed by atoms with Crippen LogP contribution in [0.2, 0.25) is 0 Å². The Morgan fingerprint density at radius 2 is 1.97 bits per heavy atom. The summed E-state index contributed by atoms with van der Waals surface area (Å²) in [6.45, 7) is 5.33. The van der Waals surface area contributed by atoms with Gasteiger partial charge in [0.15, 0.2) is 5.11 Å². The van der Waals surface area contributed by atoms with E-state index in [1.165, 1.54) is 0 Å². The average molecular weight is 411 g/mol. The molecule has 2 aromatic rings. The summed E-state index contributed by atoms with van der Waals surface area (Å²) in [5.74, 6) is 0.883. The van der Waals surface area contributed by atoms with E-state index in [2.05, 4.69) is 35.3 Å². The van der Waals surface area contributed by atoms with Crippen molar-refractivity contribution in [3.05, 3.63) is 42.6 Å². The lowest BCUT2D eigenvalue weighted by molar-refractivity contribution is -0.116. The van der Waals surface area contributed by atoms with Gasteiger partial charge in [0.2, 0.25) is 5.91 Å². The van der Waals surface area contributed by atoms with Gasteiger partial charge in [-0.3, -0.25) is 20.2 Å². The first kappa shape index (κ1) is 19.2. The molecule has 0 bridgehead atoms. The second kappa shape index (κ2) is 8.48. The number of pyridine rings is 1. The topological polar surface area (TPSA) is 89.9 Å². The van der Waals surface area contributed by atoms with E-state index in [1.54, 1.807) is 36.6 Å². The maximum Gasteiger partial charge on any atom is 0.223 e. The average Bonchev–Trinajstić information content (AvgIpc) is 2.77. The number of hydrogen-bond donors (Lipinski definition) is 1. The van der Waals surface area contributed by atoms with Gasteiger partial charge in [0.05, 0.1) is 17.6 Å². The maximum absolute atomic E-state index is 11.9. The Labute approximate surface area is 174 Å². The van der Waals surface area contributed by atoms with Gasteiger partial charge in [0.25, 0.3) is 0 Å². The standard InChI is InChI=1S/C19H22N8OS/c1-14(28)27-8-4-15(18-16(27)3-2-5-22-18)23-24-19(29)26-11-9-25(10-12-26)17-13-20-6-7-21-17/h2-3,5-7,13H,4,8-12H2,1H3,(H,24,29)/b23-15-. The van der Waals surface area contributed by atoms with Gasteiger partial charge in [-0.05, 0) is 24.4 Å². The molecule has 1 N–H and O–H groups in total. The summed E-state index contributed by atoms with van der Waals surface area (Å²) in [4.78, 5) is 30.8. The molecular weight excluding hydrogens is 388 g/mol. The molecule has 0 saturated carbocycles. The molecule has 0 unspecified atom stereocenters. The van der Waals surface area contributed by atoms with E-state index in [0.29, 0.717) is 18.1 Å². The Kier molecular flexibility index (Phi) is 5.61. The molecule has 29 heavy (non-hydrogen) atoms. The van der Waals surface area contributed by atoms with E-state index in [1.807, 2.05) is 12.1 Å². The first-order valence-electron chi connectivity index (χ1n) is 9.49. The first-order chi connectivity index (χ1) is 14.1. The van der Waals surface area contributed by atoms with Crippen molar-refractivity contribution >= 4 is 40.5 Å². The van der Waals surface area contributed by atoms with Crippen LogP contribution >= 0.6 is 12.2 Å². The van der Waals surface area contributed by atoms with Crippen LogP contribution in [0.3, 0.4) is 0 Å². The quantitative estimate of drug-likeness (QED) is 0.580. The van der Waals surface area contributed by atoms with Gasteiger partial charge < -0.3 is 14.7 Å². The summed E-state index contributed by atoms with van der Waals surface area (Å²) in [6, 6.07) is 3.72. The molecule has 0 atom stereocenters. The number of carbonyl (C=O) groups is 1. The Morgan fingerprint density at radius 3 is 2.69 bits per heavy atom. The van der Waals surface area contributed by atoms with E-state index >= 15 is 0 Å². The van der Waals surface area contributed by atoms with E-state index in [-0.39, 0.29) is 5.91 Å². The van der Waals surface area contributed by atoms with Crippen molar-refractivity contribution in [1.29, 1.82) is 0 Å². The summed E-state index contributed by atoms with van der Waals surface area (Å²) < 4.78 is 0. The highest BCUT2D eigenvalue weighted by molar-refractivity contribution is 7.80. The van der Waals surface area contributed by atoms with Crippen molar-refractivity contribution in [2.24, 2.45) is 5.10 Å². The van der Waals surface area contributed by atoms with Crippen LogP contribution in [0.5, 0.6) is 0 Å². The fourth-order valence-corrected chi connectivity index (χ4v) is 3.74. The smallest absolute Gasteiger partial charge is 0.223 e. The fourth-order valence-electron chi connectivity index (χ4n) is 3.51. The molecule has 2 aromatic heterocycles. The number of nitrogens with one attached hydrogen (secondary N) is 1. The number of amides is 1. The van der Waals surface area contributed by atoms with Gasteiger partial charge in [-0.1, -0.05) is 0 Å². The van der Waals surface area contributed by atoms with E-state index in [0.717, 1.165) is 49.1 Å². The number of thiocarbonyl (C=S) groups is 1. The zero-order valence-corrected chi connectivity index (χ0v) is 17.0. The van der Waals surface area contributed by atoms with Crippen LogP contribution in [0.15, 0.2) is 42.0 Å². The van der Waals surface area contributed by atoms with E-state index < -0.39 is 0 Å². The van der Waals surface area contributed by atoms with Crippen LogP contribution in [-0.4, -0.2) is 69.3 Å². The van der Waals surface area contributed by atoms with Crippen molar-refractivity contribution in [2.75, 3.05) is 42.5 Å². The molecule has 1 fully saturated rings. The number of fused-ring (bicyclic) bond motifs is 1. The summed E-state index contributed by atoms with van der Waals surface area (Å²) in [6.07, 6.45) is 7.48. The molecule has 0 radical (unpaired) electrons. The highest BCUT2D eigenvalue weighted by Gasteiger charge is 2.26. The lowest BCUT2D eigenvalue weighted by atomic mass is 10.1. The molecule has 0 aliphatic carbocycles. The number of carbonyl (C=O) groups excluding carboxylic acids is 1. The number of hydrazone groups is 1. The van der Waals surface area contributed by atoms with Crippen LogP contribution in [-0.2, 0) is 4.79 Å². The van der Waals surface area contributed by atoms with Crippen LogP contribution in [0, 0.1) is 0 Å². The van der Waals surface area contributed by atoms with Gasteiger partial charge in [-0.2, -0.15) is 5.10 Å². The molecule has 0 spiro atoms. The molecule has 1 saturated heterocycles. The number of anilines is 2. The minimum atomic E-state index is 0.00255. The molecule has 150 valence electrons. The lowest BCUT2D eigenvalue weighted by Gasteiger charge is -2.36. The normalized spacial score (nSPS) is 17.8. The predicted molar refractivity (Wildman–Crippen MR) is 115 cm³/mol. The summed E-state index contributed by atoms with van der Waals surface area (Å²) in [5, 5.41) is 5.10. The van der Waals surface area contributed by atoms with Crippen molar-refractivity contribution < 1.29 is 4.79 Å². The first-order valence-corrected chi connectivity index (χ1v) is 9.90. The number of piperazine rings is 1.